The topological polar surface area (TPSA) is 33.2 Å². The number of amides is 1. The monoisotopic (exact) mass is 354 g/mol. The highest BCUT2D eigenvalue weighted by Crippen LogP contribution is 2.25. The van der Waals surface area contributed by atoms with Crippen molar-refractivity contribution in [3.8, 4) is 0 Å². The second-order valence-electron chi connectivity index (χ2n) is 7.10. The third-order valence-corrected chi connectivity index (χ3v) is 5.69. The van der Waals surface area contributed by atoms with Crippen LogP contribution in [0.5, 0.6) is 0 Å². The van der Waals surface area contributed by atoms with Crippen LogP contribution in [0.15, 0.2) is 41.3 Å². The van der Waals surface area contributed by atoms with Crippen molar-refractivity contribution in [3.05, 3.63) is 58.9 Å². The molecule has 1 aliphatic rings. The Morgan fingerprint density at radius 3 is 2.52 bits per heavy atom. The van der Waals surface area contributed by atoms with Gasteiger partial charge in [0.2, 0.25) is 0 Å². The molecule has 1 aromatic heterocycles. The average Bonchev–Trinajstić information content (AvgIpc) is 2.59. The van der Waals surface area contributed by atoms with E-state index in [2.05, 4.69) is 44.0 Å². The Labute approximate surface area is 154 Å². The van der Waals surface area contributed by atoms with Crippen LogP contribution in [0.4, 0.5) is 0 Å². The van der Waals surface area contributed by atoms with Crippen molar-refractivity contribution in [2.45, 2.75) is 44.3 Å². The summed E-state index contributed by atoms with van der Waals surface area (Å²) in [6.45, 7) is 8.19. The van der Waals surface area contributed by atoms with Gasteiger partial charge in [0, 0.05) is 23.7 Å². The normalized spacial score (nSPS) is 15.4. The molecule has 25 heavy (non-hydrogen) atoms. The van der Waals surface area contributed by atoms with Gasteiger partial charge in [-0.3, -0.25) is 4.79 Å². The lowest BCUT2D eigenvalue weighted by molar-refractivity contribution is 0.0691. The van der Waals surface area contributed by atoms with Crippen LogP contribution in [0, 0.1) is 19.8 Å². The Morgan fingerprint density at radius 2 is 1.84 bits per heavy atom. The summed E-state index contributed by atoms with van der Waals surface area (Å²) in [6, 6.07) is 12.4. The van der Waals surface area contributed by atoms with Crippen molar-refractivity contribution in [1.29, 1.82) is 0 Å². The van der Waals surface area contributed by atoms with E-state index in [0.717, 1.165) is 43.3 Å². The fraction of sp³-hybridized carbons (Fsp3) is 0.429. The number of hydrogen-bond donors (Lipinski definition) is 0. The number of benzene rings is 1. The summed E-state index contributed by atoms with van der Waals surface area (Å²) in [6.07, 6.45) is 2.18. The SMILES string of the molecule is Cc1cc(C)cc(SCc2cccc(C(=O)N3CCC(C)CC3)n2)c1. The summed E-state index contributed by atoms with van der Waals surface area (Å²) in [7, 11) is 0. The highest BCUT2D eigenvalue weighted by molar-refractivity contribution is 7.98. The minimum Gasteiger partial charge on any atom is -0.337 e. The van der Waals surface area contributed by atoms with Crippen LogP contribution in [0.3, 0.4) is 0 Å². The highest BCUT2D eigenvalue weighted by atomic mass is 32.2. The van der Waals surface area contributed by atoms with E-state index in [-0.39, 0.29) is 5.91 Å². The standard InChI is InChI=1S/C21H26N2OS/c1-15-7-9-23(10-8-15)21(24)20-6-4-5-18(22-20)14-25-19-12-16(2)11-17(3)13-19/h4-6,11-13,15H,7-10,14H2,1-3H3. The Hall–Kier alpha value is -1.81. The van der Waals surface area contributed by atoms with Gasteiger partial charge in [0.15, 0.2) is 0 Å². The molecular formula is C21H26N2OS. The maximum atomic E-state index is 12.7. The summed E-state index contributed by atoms with van der Waals surface area (Å²) in [5, 5.41) is 0. The third kappa shape index (κ3) is 4.85. The minimum atomic E-state index is 0.0742. The predicted octanol–water partition coefficient (Wildman–Crippen LogP) is 4.86. The maximum Gasteiger partial charge on any atom is 0.272 e. The van der Waals surface area contributed by atoms with Crippen molar-refractivity contribution < 1.29 is 4.79 Å². The van der Waals surface area contributed by atoms with E-state index >= 15 is 0 Å². The molecule has 0 radical (unpaired) electrons. The van der Waals surface area contributed by atoms with Crippen LogP contribution in [0.25, 0.3) is 0 Å². The molecular weight excluding hydrogens is 328 g/mol. The van der Waals surface area contributed by atoms with Gasteiger partial charge in [-0.05, 0) is 68.0 Å². The number of nitrogens with zero attached hydrogens (tertiary/aromatic N) is 2. The molecule has 0 unspecified atom stereocenters. The van der Waals surface area contributed by atoms with Gasteiger partial charge in [-0.25, -0.2) is 4.98 Å². The number of aromatic nitrogens is 1. The van der Waals surface area contributed by atoms with Gasteiger partial charge in [0.25, 0.3) is 5.91 Å². The number of piperidine rings is 1. The van der Waals surface area contributed by atoms with Gasteiger partial charge in [-0.15, -0.1) is 11.8 Å². The number of carbonyl (C=O) groups is 1. The molecule has 132 valence electrons. The third-order valence-electron chi connectivity index (χ3n) is 4.68. The van der Waals surface area contributed by atoms with Crippen LogP contribution >= 0.6 is 11.8 Å². The number of pyridine rings is 1. The molecule has 0 N–H and O–H groups in total. The second-order valence-corrected chi connectivity index (χ2v) is 8.15. The molecule has 4 heteroatoms. The van der Waals surface area contributed by atoms with E-state index in [1.54, 1.807) is 11.8 Å². The van der Waals surface area contributed by atoms with Gasteiger partial charge in [-0.1, -0.05) is 19.1 Å². The van der Waals surface area contributed by atoms with Crippen LogP contribution in [0.2, 0.25) is 0 Å². The Balaban J connectivity index is 1.65. The molecule has 3 nitrogen and oxygen atoms in total. The van der Waals surface area contributed by atoms with E-state index < -0.39 is 0 Å². The van der Waals surface area contributed by atoms with Crippen molar-refractivity contribution in [2.75, 3.05) is 13.1 Å². The molecule has 1 aliphatic heterocycles. The zero-order valence-electron chi connectivity index (χ0n) is 15.3. The molecule has 1 aromatic carbocycles. The predicted molar refractivity (Wildman–Crippen MR) is 104 cm³/mol. The summed E-state index contributed by atoms with van der Waals surface area (Å²) in [4.78, 5) is 20.5. The lowest BCUT2D eigenvalue weighted by Gasteiger charge is -2.30. The van der Waals surface area contributed by atoms with E-state index in [0.29, 0.717) is 5.69 Å². The van der Waals surface area contributed by atoms with E-state index in [1.807, 2.05) is 23.1 Å². The largest absolute Gasteiger partial charge is 0.337 e. The van der Waals surface area contributed by atoms with Gasteiger partial charge >= 0.3 is 0 Å². The Morgan fingerprint density at radius 1 is 1.16 bits per heavy atom. The zero-order valence-corrected chi connectivity index (χ0v) is 16.1. The van der Waals surface area contributed by atoms with Crippen molar-refractivity contribution >= 4 is 17.7 Å². The van der Waals surface area contributed by atoms with Gasteiger partial charge < -0.3 is 4.90 Å². The van der Waals surface area contributed by atoms with Gasteiger partial charge in [0.1, 0.15) is 5.69 Å². The number of aryl methyl sites for hydroxylation is 2. The quantitative estimate of drug-likeness (QED) is 0.735. The molecule has 0 aliphatic carbocycles. The van der Waals surface area contributed by atoms with E-state index in [9.17, 15) is 4.79 Å². The van der Waals surface area contributed by atoms with Crippen LogP contribution in [-0.4, -0.2) is 28.9 Å². The number of carbonyl (C=O) groups excluding carboxylic acids is 1. The summed E-state index contributed by atoms with van der Waals surface area (Å²) in [5.41, 5.74) is 4.09. The first-order chi connectivity index (χ1) is 12.0. The number of thioether (sulfide) groups is 1. The highest BCUT2D eigenvalue weighted by Gasteiger charge is 2.22. The summed E-state index contributed by atoms with van der Waals surface area (Å²) in [5.74, 6) is 1.57. The van der Waals surface area contributed by atoms with E-state index in [1.165, 1.54) is 16.0 Å². The minimum absolute atomic E-state index is 0.0742. The van der Waals surface area contributed by atoms with Crippen molar-refractivity contribution in [1.82, 2.24) is 9.88 Å². The Bertz CT molecular complexity index is 731. The molecule has 0 spiro atoms. The molecule has 3 rings (SSSR count). The number of likely N-dealkylation sites (tertiary alicyclic amines) is 1. The molecule has 1 saturated heterocycles. The molecule has 0 saturated carbocycles. The first kappa shape index (κ1) is 18.0. The molecule has 0 atom stereocenters. The molecule has 0 bridgehead atoms. The molecule has 1 fully saturated rings. The van der Waals surface area contributed by atoms with Gasteiger partial charge in [0.05, 0.1) is 5.69 Å². The average molecular weight is 355 g/mol. The first-order valence-corrected chi connectivity index (χ1v) is 9.96. The smallest absolute Gasteiger partial charge is 0.272 e. The maximum absolute atomic E-state index is 12.7. The zero-order chi connectivity index (χ0) is 17.8. The molecule has 2 aromatic rings. The lowest BCUT2D eigenvalue weighted by Crippen LogP contribution is -2.38. The van der Waals surface area contributed by atoms with Crippen molar-refractivity contribution in [3.63, 3.8) is 0 Å². The first-order valence-electron chi connectivity index (χ1n) is 8.97. The number of rotatable bonds is 4. The number of hydrogen-bond acceptors (Lipinski definition) is 3. The molecule has 2 heterocycles. The van der Waals surface area contributed by atoms with Crippen LogP contribution in [-0.2, 0) is 5.75 Å². The second kappa shape index (κ2) is 8.05. The van der Waals surface area contributed by atoms with E-state index in [4.69, 9.17) is 0 Å². The molecule has 1 amide bonds. The van der Waals surface area contributed by atoms with Crippen LogP contribution in [0.1, 0.15) is 47.1 Å². The Kier molecular flexibility index (Phi) is 5.79. The fourth-order valence-electron chi connectivity index (χ4n) is 3.23. The van der Waals surface area contributed by atoms with Crippen molar-refractivity contribution in [2.24, 2.45) is 5.92 Å². The van der Waals surface area contributed by atoms with Crippen LogP contribution < -0.4 is 0 Å². The summed E-state index contributed by atoms with van der Waals surface area (Å²) >= 11 is 1.77. The van der Waals surface area contributed by atoms with Gasteiger partial charge in [-0.2, -0.15) is 0 Å². The lowest BCUT2D eigenvalue weighted by atomic mass is 9.99. The summed E-state index contributed by atoms with van der Waals surface area (Å²) < 4.78 is 0. The fourth-order valence-corrected chi connectivity index (χ4v) is 4.24.